The highest BCUT2D eigenvalue weighted by Gasteiger charge is 2.30. The molecule has 0 N–H and O–H groups in total. The smallest absolute Gasteiger partial charge is 0.130 e. The van der Waals surface area contributed by atoms with Gasteiger partial charge >= 0.3 is 0 Å². The van der Waals surface area contributed by atoms with Crippen molar-refractivity contribution in [2.45, 2.75) is 0 Å². The molecule has 0 saturated carbocycles. The summed E-state index contributed by atoms with van der Waals surface area (Å²) < 4.78 is 7.14. The number of fused-ring (bicyclic) bond motifs is 15. The lowest BCUT2D eigenvalue weighted by atomic mass is 9.99. The number of allylic oxidation sites excluding steroid dienone is 3. The summed E-state index contributed by atoms with van der Waals surface area (Å²) in [5, 5.41) is 70.8. The van der Waals surface area contributed by atoms with E-state index >= 15 is 0 Å². The standard InChI is InChI=1S/C66H33N9/c67-34-40(35-68)31-43-25-28-58(49-16-4-1-13-46(43)49)73-55-22-10-7-19-52(55)61-64(73)62-53-20-8-11-23-56(53)74(59-29-26-44(32-41(36-69)37-70)47-14-2-5-17-50(47)59)66(62)63-54-21-9-12-24-57(54)75(65(61)63)60-30-27-45(33-42(38-71)39-72)48-15-3-6-18-51(48)60/h1-33H. The number of para-hydroxylation sites is 3. The molecule has 3 heterocycles. The Morgan fingerprint density at radius 2 is 0.493 bits per heavy atom. The fraction of sp³-hybridized carbons (Fsp3) is 0. The van der Waals surface area contributed by atoms with Gasteiger partial charge in [-0.15, -0.1) is 0 Å². The zero-order valence-electron chi connectivity index (χ0n) is 39.6. The molecule has 0 saturated heterocycles. The first kappa shape index (κ1) is 43.6. The highest BCUT2D eigenvalue weighted by atomic mass is 15.1. The average molecular weight is 952 g/mol. The maximum Gasteiger partial charge on any atom is 0.130 e. The van der Waals surface area contributed by atoms with Gasteiger partial charge in [-0.25, -0.2) is 0 Å². The zero-order chi connectivity index (χ0) is 50.9. The summed E-state index contributed by atoms with van der Waals surface area (Å²) in [5.74, 6) is 0. The SMILES string of the molecule is N#CC(C#N)=Cc1ccc(-n2c3ccccc3c3c2c2c4ccccc4n(-c4ccc(C=C(C#N)C#N)c5ccccc45)c2c2c4ccccc4n(-c4ccc(C=C(C#N)C#N)c5ccccc45)c32)c2ccccc12. The molecule has 0 spiro atoms. The number of benzene rings is 10. The Kier molecular flexibility index (Phi) is 9.96. The Morgan fingerprint density at radius 1 is 0.267 bits per heavy atom. The van der Waals surface area contributed by atoms with Crippen LogP contribution < -0.4 is 0 Å². The molecule has 0 aliphatic heterocycles. The van der Waals surface area contributed by atoms with E-state index in [0.717, 1.165) is 131 Å². The van der Waals surface area contributed by atoms with Gasteiger partial charge in [-0.05, 0) is 87.5 Å². The van der Waals surface area contributed by atoms with Gasteiger partial charge in [0.15, 0.2) is 0 Å². The summed E-state index contributed by atoms with van der Waals surface area (Å²) in [4.78, 5) is 0. The Hall–Kier alpha value is -11.5. The highest BCUT2D eigenvalue weighted by molar-refractivity contribution is 6.41. The molecule has 75 heavy (non-hydrogen) atoms. The molecule has 10 aromatic carbocycles. The van der Waals surface area contributed by atoms with Crippen LogP contribution in [0.2, 0.25) is 0 Å². The Morgan fingerprint density at radius 3 is 0.747 bits per heavy atom. The first-order valence-corrected chi connectivity index (χ1v) is 24.0. The maximum absolute atomic E-state index is 9.87. The molecule has 0 unspecified atom stereocenters. The van der Waals surface area contributed by atoms with Gasteiger partial charge in [0.1, 0.15) is 53.1 Å². The van der Waals surface area contributed by atoms with Gasteiger partial charge in [-0.3, -0.25) is 0 Å². The highest BCUT2D eigenvalue weighted by Crippen LogP contribution is 2.52. The number of nitriles is 6. The van der Waals surface area contributed by atoms with E-state index in [1.807, 2.05) is 109 Å². The van der Waals surface area contributed by atoms with Crippen molar-refractivity contribution < 1.29 is 0 Å². The summed E-state index contributed by atoms with van der Waals surface area (Å²) in [6.07, 6.45) is 4.93. The second-order valence-electron chi connectivity index (χ2n) is 18.2. The van der Waals surface area contributed by atoms with Crippen molar-refractivity contribution in [2.24, 2.45) is 0 Å². The normalized spacial score (nSPS) is 11.1. The second kappa shape index (κ2) is 17.1. The van der Waals surface area contributed by atoms with E-state index in [0.29, 0.717) is 0 Å². The molecule has 0 aliphatic carbocycles. The third-order valence-electron chi connectivity index (χ3n) is 14.5. The van der Waals surface area contributed by atoms with Gasteiger partial charge in [-0.1, -0.05) is 146 Å². The number of hydrogen-bond acceptors (Lipinski definition) is 6. The first-order valence-electron chi connectivity index (χ1n) is 24.0. The quantitative estimate of drug-likeness (QED) is 0.151. The van der Waals surface area contributed by atoms with Crippen molar-refractivity contribution in [2.75, 3.05) is 0 Å². The molecule has 0 aliphatic rings. The Labute approximate surface area is 428 Å². The zero-order valence-corrected chi connectivity index (χ0v) is 39.6. The minimum Gasteiger partial charge on any atom is -0.308 e. The predicted molar refractivity (Wildman–Crippen MR) is 300 cm³/mol. The van der Waals surface area contributed by atoms with Crippen LogP contribution in [0.3, 0.4) is 0 Å². The fourth-order valence-corrected chi connectivity index (χ4v) is 11.5. The van der Waals surface area contributed by atoms with Crippen LogP contribution in [0.5, 0.6) is 0 Å². The second-order valence-corrected chi connectivity index (χ2v) is 18.2. The van der Waals surface area contributed by atoms with Crippen molar-refractivity contribution in [1.29, 1.82) is 31.6 Å². The third kappa shape index (κ3) is 6.38. The third-order valence-corrected chi connectivity index (χ3v) is 14.5. The minimum absolute atomic E-state index is 0.00815. The molecule has 9 heteroatoms. The minimum atomic E-state index is 0.00815. The number of nitrogens with zero attached hydrogens (tertiary/aromatic N) is 9. The molecule has 0 radical (unpaired) electrons. The average Bonchev–Trinajstić information content (AvgIpc) is 4.13. The van der Waals surface area contributed by atoms with Crippen LogP contribution >= 0.6 is 0 Å². The topological polar surface area (TPSA) is 158 Å². The van der Waals surface area contributed by atoms with Gasteiger partial charge in [0.25, 0.3) is 0 Å². The van der Waals surface area contributed by atoms with Crippen LogP contribution in [0.15, 0.2) is 199 Å². The van der Waals surface area contributed by atoms with Crippen LogP contribution in [0.1, 0.15) is 16.7 Å². The summed E-state index contributed by atoms with van der Waals surface area (Å²) in [6, 6.07) is 74.4. The number of aromatic nitrogens is 3. The molecular formula is C66H33N9. The molecule has 0 bridgehead atoms. The lowest BCUT2D eigenvalue weighted by Gasteiger charge is -2.17. The summed E-state index contributed by atoms with van der Waals surface area (Å²) in [7, 11) is 0. The van der Waals surface area contributed by atoms with Gasteiger partial charge in [0.2, 0.25) is 0 Å². The molecular weight excluding hydrogens is 919 g/mol. The van der Waals surface area contributed by atoms with Crippen LogP contribution in [0.4, 0.5) is 0 Å². The van der Waals surface area contributed by atoms with Crippen molar-refractivity contribution in [3.05, 3.63) is 215 Å². The predicted octanol–water partition coefficient (Wildman–Crippen LogP) is 15.7. The van der Waals surface area contributed by atoms with Gasteiger partial charge < -0.3 is 13.7 Å². The van der Waals surface area contributed by atoms with Crippen molar-refractivity contribution in [3.63, 3.8) is 0 Å². The van der Waals surface area contributed by atoms with E-state index in [9.17, 15) is 31.6 Å². The van der Waals surface area contributed by atoms with E-state index in [-0.39, 0.29) is 16.7 Å². The molecule has 9 nitrogen and oxygen atoms in total. The maximum atomic E-state index is 9.87. The Balaban J connectivity index is 1.31. The van der Waals surface area contributed by atoms with Crippen molar-refractivity contribution >= 4 is 116 Å². The van der Waals surface area contributed by atoms with E-state index in [1.54, 1.807) is 18.2 Å². The van der Waals surface area contributed by atoms with Crippen LogP contribution in [-0.2, 0) is 0 Å². The molecule has 0 amide bonds. The number of hydrogen-bond donors (Lipinski definition) is 0. The Bertz CT molecular complexity index is 4500. The van der Waals surface area contributed by atoms with E-state index in [2.05, 4.69) is 123 Å². The molecule has 0 atom stereocenters. The fourth-order valence-electron chi connectivity index (χ4n) is 11.5. The molecule has 13 aromatic rings. The lowest BCUT2D eigenvalue weighted by molar-refractivity contribution is 1.19. The first-order chi connectivity index (χ1) is 37.0. The van der Waals surface area contributed by atoms with E-state index in [4.69, 9.17) is 0 Å². The summed E-state index contributed by atoms with van der Waals surface area (Å²) in [6.45, 7) is 0. The van der Waals surface area contributed by atoms with Crippen LogP contribution in [0, 0.1) is 68.0 Å². The molecule has 3 aromatic heterocycles. The molecule has 342 valence electrons. The molecule has 0 fully saturated rings. The molecule has 13 rings (SSSR count). The largest absolute Gasteiger partial charge is 0.308 e. The number of rotatable bonds is 6. The monoisotopic (exact) mass is 951 g/mol. The van der Waals surface area contributed by atoms with Gasteiger partial charge in [-0.2, -0.15) is 31.6 Å². The van der Waals surface area contributed by atoms with E-state index < -0.39 is 0 Å². The van der Waals surface area contributed by atoms with E-state index in [1.165, 1.54) is 0 Å². The van der Waals surface area contributed by atoms with Gasteiger partial charge in [0.05, 0.1) is 50.2 Å². The summed E-state index contributed by atoms with van der Waals surface area (Å²) in [5.41, 5.74) is 10.8. The van der Waals surface area contributed by atoms with Crippen LogP contribution in [0.25, 0.3) is 133 Å². The summed E-state index contributed by atoms with van der Waals surface area (Å²) >= 11 is 0. The van der Waals surface area contributed by atoms with Crippen LogP contribution in [-0.4, -0.2) is 13.7 Å². The van der Waals surface area contributed by atoms with Crippen molar-refractivity contribution in [3.8, 4) is 53.5 Å². The lowest BCUT2D eigenvalue weighted by Crippen LogP contribution is -2.00. The van der Waals surface area contributed by atoms with Gasteiger partial charge in [0, 0.05) is 48.5 Å². The van der Waals surface area contributed by atoms with Crippen molar-refractivity contribution in [1.82, 2.24) is 13.7 Å².